The Bertz CT molecular complexity index is 892. The molecule has 2 heterocycles. The summed E-state index contributed by atoms with van der Waals surface area (Å²) in [5.74, 6) is 0.717. The van der Waals surface area contributed by atoms with Crippen molar-refractivity contribution in [2.45, 2.75) is 40.7 Å². The first-order valence-corrected chi connectivity index (χ1v) is 7.71. The molecule has 0 N–H and O–H groups in total. The highest BCUT2D eigenvalue weighted by Gasteiger charge is 2.18. The van der Waals surface area contributed by atoms with Crippen LogP contribution < -0.4 is 0 Å². The molecule has 2 aromatic heterocycles. The van der Waals surface area contributed by atoms with E-state index in [0.717, 1.165) is 33.4 Å². The van der Waals surface area contributed by atoms with Crippen molar-refractivity contribution in [2.24, 2.45) is 0 Å². The van der Waals surface area contributed by atoms with Crippen LogP contribution in [0.2, 0.25) is 0 Å². The van der Waals surface area contributed by atoms with Crippen molar-refractivity contribution in [1.82, 2.24) is 19.7 Å². The van der Waals surface area contributed by atoms with E-state index in [0.29, 0.717) is 5.69 Å². The van der Waals surface area contributed by atoms with Gasteiger partial charge in [-0.2, -0.15) is 5.10 Å². The molecule has 0 fully saturated rings. The molecule has 0 aliphatic rings. The summed E-state index contributed by atoms with van der Waals surface area (Å²) >= 11 is 0. The van der Waals surface area contributed by atoms with Crippen molar-refractivity contribution in [3.05, 3.63) is 41.6 Å². The number of hydrogen-bond donors (Lipinski definition) is 0. The molecular weight excluding hydrogens is 288 g/mol. The van der Waals surface area contributed by atoms with Gasteiger partial charge in [-0.25, -0.2) is 9.97 Å². The number of carbonyl (C=O) groups is 1. The summed E-state index contributed by atoms with van der Waals surface area (Å²) in [6.07, 6.45) is 3.62. The third-order valence-corrected chi connectivity index (χ3v) is 3.93. The average molecular weight is 308 g/mol. The number of aryl methyl sites for hydroxylation is 2. The fourth-order valence-electron chi connectivity index (χ4n) is 2.82. The Balaban J connectivity index is 2.30. The number of nitrogens with zero attached hydrogens (tertiary/aromatic N) is 4. The maximum atomic E-state index is 12.0. The molecule has 0 aliphatic carbocycles. The normalized spacial score (nSPS) is 11.4. The lowest BCUT2D eigenvalue weighted by molar-refractivity contribution is 0.101. The lowest BCUT2D eigenvalue weighted by Crippen LogP contribution is -2.04. The summed E-state index contributed by atoms with van der Waals surface area (Å²) in [7, 11) is 0. The van der Waals surface area contributed by atoms with E-state index in [1.54, 1.807) is 6.92 Å². The highest BCUT2D eigenvalue weighted by molar-refractivity contribution is 6.06. The van der Waals surface area contributed by atoms with Gasteiger partial charge in [0.15, 0.2) is 5.78 Å². The quantitative estimate of drug-likeness (QED) is 0.689. The molecule has 5 heteroatoms. The van der Waals surface area contributed by atoms with E-state index in [-0.39, 0.29) is 11.8 Å². The molecule has 0 spiro atoms. The van der Waals surface area contributed by atoms with Crippen LogP contribution in [0.25, 0.3) is 22.0 Å². The second-order valence-electron chi connectivity index (χ2n) is 6.15. The summed E-state index contributed by atoms with van der Waals surface area (Å²) in [5.41, 5.74) is 4.56. The maximum absolute atomic E-state index is 12.0. The Morgan fingerprint density at radius 2 is 1.74 bits per heavy atom. The van der Waals surface area contributed by atoms with Crippen molar-refractivity contribution in [3.63, 3.8) is 0 Å². The molecule has 1 aromatic carbocycles. The fourth-order valence-corrected chi connectivity index (χ4v) is 2.82. The molecule has 118 valence electrons. The standard InChI is InChI=1S/C18H20N4O/c1-10(2)22-18-11(3)6-14(15-8-19-13(5)20-9-15)7-16(18)17(21-22)12(4)23/h6-10H,1-5H3. The average Bonchev–Trinajstić information content (AvgIpc) is 2.88. The van der Waals surface area contributed by atoms with Gasteiger partial charge in [-0.1, -0.05) is 0 Å². The molecule has 0 aliphatic heterocycles. The number of rotatable bonds is 3. The van der Waals surface area contributed by atoms with Crippen molar-refractivity contribution >= 4 is 16.7 Å². The molecule has 0 saturated carbocycles. The predicted octanol–water partition coefficient (Wildman–Crippen LogP) is 3.89. The minimum absolute atomic E-state index is 0.0221. The summed E-state index contributed by atoms with van der Waals surface area (Å²) in [5, 5.41) is 5.42. The molecule has 0 saturated heterocycles. The molecule has 5 nitrogen and oxygen atoms in total. The number of carbonyl (C=O) groups excluding carboxylic acids is 1. The van der Waals surface area contributed by atoms with Crippen LogP contribution in [0.5, 0.6) is 0 Å². The molecule has 0 amide bonds. The van der Waals surface area contributed by atoms with E-state index in [4.69, 9.17) is 0 Å². The fraction of sp³-hybridized carbons (Fsp3) is 0.333. The van der Waals surface area contributed by atoms with E-state index >= 15 is 0 Å². The number of Topliss-reactive ketones (excluding diaryl/α,β-unsaturated/α-hetero) is 1. The monoisotopic (exact) mass is 308 g/mol. The van der Waals surface area contributed by atoms with E-state index in [2.05, 4.69) is 35.0 Å². The second-order valence-corrected chi connectivity index (χ2v) is 6.15. The smallest absolute Gasteiger partial charge is 0.180 e. The zero-order valence-corrected chi connectivity index (χ0v) is 14.1. The second kappa shape index (κ2) is 5.57. The Morgan fingerprint density at radius 3 is 2.30 bits per heavy atom. The highest BCUT2D eigenvalue weighted by Crippen LogP contribution is 2.31. The lowest BCUT2D eigenvalue weighted by Gasteiger charge is -2.10. The van der Waals surface area contributed by atoms with Gasteiger partial charge in [-0.05, 0) is 51.0 Å². The summed E-state index contributed by atoms with van der Waals surface area (Å²) in [6, 6.07) is 4.30. The molecule has 0 radical (unpaired) electrons. The van der Waals surface area contributed by atoms with Gasteiger partial charge in [0.2, 0.25) is 0 Å². The molecule has 3 rings (SSSR count). The first-order valence-electron chi connectivity index (χ1n) is 7.71. The van der Waals surface area contributed by atoms with Crippen LogP contribution in [0.1, 0.15) is 48.7 Å². The van der Waals surface area contributed by atoms with Gasteiger partial charge in [0.05, 0.1) is 5.52 Å². The van der Waals surface area contributed by atoms with Crippen LogP contribution in [0.15, 0.2) is 24.5 Å². The minimum atomic E-state index is -0.0221. The maximum Gasteiger partial charge on any atom is 0.180 e. The number of hydrogen-bond acceptors (Lipinski definition) is 4. The van der Waals surface area contributed by atoms with Gasteiger partial charge in [0.1, 0.15) is 11.5 Å². The predicted molar refractivity (Wildman–Crippen MR) is 90.6 cm³/mol. The molecule has 23 heavy (non-hydrogen) atoms. The van der Waals surface area contributed by atoms with Gasteiger partial charge in [-0.3, -0.25) is 9.48 Å². The summed E-state index contributed by atoms with van der Waals surface area (Å²) < 4.78 is 1.93. The van der Waals surface area contributed by atoms with Crippen LogP contribution in [-0.4, -0.2) is 25.5 Å². The minimum Gasteiger partial charge on any atom is -0.293 e. The van der Waals surface area contributed by atoms with Gasteiger partial charge in [-0.15, -0.1) is 0 Å². The SMILES string of the molecule is CC(=O)c1nn(C(C)C)c2c(C)cc(-c3cnc(C)nc3)cc12. The lowest BCUT2D eigenvalue weighted by atomic mass is 10.0. The van der Waals surface area contributed by atoms with Gasteiger partial charge in [0, 0.05) is 36.3 Å². The van der Waals surface area contributed by atoms with Crippen molar-refractivity contribution < 1.29 is 4.79 Å². The van der Waals surface area contributed by atoms with Crippen LogP contribution in [0.3, 0.4) is 0 Å². The van der Waals surface area contributed by atoms with E-state index < -0.39 is 0 Å². The van der Waals surface area contributed by atoms with Crippen LogP contribution in [-0.2, 0) is 0 Å². The molecular formula is C18H20N4O. The third-order valence-electron chi connectivity index (χ3n) is 3.93. The molecule has 0 unspecified atom stereocenters. The number of aromatic nitrogens is 4. The molecule has 0 atom stereocenters. The summed E-state index contributed by atoms with van der Waals surface area (Å²) in [4.78, 5) is 20.5. The number of fused-ring (bicyclic) bond motifs is 1. The number of benzene rings is 1. The van der Waals surface area contributed by atoms with Crippen LogP contribution >= 0.6 is 0 Å². The third kappa shape index (κ3) is 2.63. The first-order chi connectivity index (χ1) is 10.9. The Hall–Kier alpha value is -2.56. The molecule has 0 bridgehead atoms. The van der Waals surface area contributed by atoms with Gasteiger partial charge >= 0.3 is 0 Å². The first kappa shape index (κ1) is 15.3. The van der Waals surface area contributed by atoms with Crippen LogP contribution in [0.4, 0.5) is 0 Å². The molecule has 3 aromatic rings. The largest absolute Gasteiger partial charge is 0.293 e. The van der Waals surface area contributed by atoms with Crippen molar-refractivity contribution in [1.29, 1.82) is 0 Å². The Morgan fingerprint density at radius 1 is 1.09 bits per heavy atom. The zero-order chi connectivity index (χ0) is 16.7. The van der Waals surface area contributed by atoms with Crippen molar-refractivity contribution in [3.8, 4) is 11.1 Å². The van der Waals surface area contributed by atoms with E-state index in [1.807, 2.05) is 37.0 Å². The highest BCUT2D eigenvalue weighted by atomic mass is 16.1. The van der Waals surface area contributed by atoms with Gasteiger partial charge in [0.25, 0.3) is 0 Å². The number of ketones is 1. The Labute approximate surface area is 135 Å². The van der Waals surface area contributed by atoms with Crippen LogP contribution in [0, 0.1) is 13.8 Å². The van der Waals surface area contributed by atoms with E-state index in [9.17, 15) is 4.79 Å². The Kier molecular flexibility index (Phi) is 3.72. The van der Waals surface area contributed by atoms with Gasteiger partial charge < -0.3 is 0 Å². The topological polar surface area (TPSA) is 60.7 Å². The van der Waals surface area contributed by atoms with Crippen molar-refractivity contribution in [2.75, 3.05) is 0 Å². The summed E-state index contributed by atoms with van der Waals surface area (Å²) in [6.45, 7) is 9.60. The van der Waals surface area contributed by atoms with E-state index in [1.165, 1.54) is 0 Å². The zero-order valence-electron chi connectivity index (χ0n) is 14.1.